The smallest absolute Gasteiger partial charge is 0.0658 e. The Morgan fingerprint density at radius 3 is 2.28 bits per heavy atom. The molecule has 0 fully saturated rings. The first-order chi connectivity index (χ1) is 8.49. The van der Waals surface area contributed by atoms with Crippen molar-refractivity contribution in [3.05, 3.63) is 67.6 Å². The van der Waals surface area contributed by atoms with Gasteiger partial charge in [-0.1, -0.05) is 77.6 Å². The maximum Gasteiger partial charge on any atom is 0.0658 e. The lowest BCUT2D eigenvalue weighted by Crippen LogP contribution is -1.97. The van der Waals surface area contributed by atoms with E-state index in [1.807, 2.05) is 0 Å². The number of hydrogen-bond acceptors (Lipinski definition) is 0. The Bertz CT molecular complexity index is 576. The van der Waals surface area contributed by atoms with Crippen LogP contribution in [-0.4, -0.2) is 0 Å². The Morgan fingerprint density at radius 1 is 0.889 bits per heavy atom. The second kappa shape index (κ2) is 5.89. The molecule has 0 radical (unpaired) electrons. The first-order valence-corrected chi connectivity index (χ1v) is 8.15. The number of halogens is 3. The molecule has 3 heteroatoms. The minimum absolute atomic E-state index is 0.208. The van der Waals surface area contributed by atoms with Gasteiger partial charge in [0.1, 0.15) is 0 Å². The van der Waals surface area contributed by atoms with Crippen molar-refractivity contribution in [2.24, 2.45) is 0 Å². The molecule has 2 rings (SSSR count). The highest BCUT2D eigenvalue weighted by molar-refractivity contribution is 9.11. The molecular weight excluding hydrogens is 420 g/mol. The van der Waals surface area contributed by atoms with Gasteiger partial charge in [0.25, 0.3) is 0 Å². The van der Waals surface area contributed by atoms with Crippen LogP contribution in [0.3, 0.4) is 0 Å². The van der Waals surface area contributed by atoms with Crippen LogP contribution >= 0.6 is 47.8 Å². The van der Waals surface area contributed by atoms with Gasteiger partial charge >= 0.3 is 0 Å². The highest BCUT2D eigenvalue weighted by atomic mass is 79.9. The van der Waals surface area contributed by atoms with E-state index in [9.17, 15) is 0 Å². The van der Waals surface area contributed by atoms with E-state index in [1.54, 1.807) is 0 Å². The van der Waals surface area contributed by atoms with Gasteiger partial charge < -0.3 is 0 Å². The topological polar surface area (TPSA) is 0 Å². The molecule has 0 aliphatic rings. The molecule has 94 valence electrons. The third-order valence-corrected chi connectivity index (χ3v) is 5.11. The maximum atomic E-state index is 3.81. The molecule has 1 unspecified atom stereocenters. The van der Waals surface area contributed by atoms with E-state index in [-0.39, 0.29) is 4.83 Å². The van der Waals surface area contributed by atoms with Crippen LogP contribution in [-0.2, 0) is 0 Å². The normalized spacial score (nSPS) is 12.5. The van der Waals surface area contributed by atoms with Crippen molar-refractivity contribution in [2.75, 3.05) is 0 Å². The predicted molar refractivity (Wildman–Crippen MR) is 88.5 cm³/mol. The molecule has 2 aromatic carbocycles. The van der Waals surface area contributed by atoms with E-state index in [2.05, 4.69) is 98.0 Å². The number of hydrogen-bond donors (Lipinski definition) is 0. The van der Waals surface area contributed by atoms with Crippen molar-refractivity contribution in [3.8, 4) is 0 Å². The van der Waals surface area contributed by atoms with Crippen molar-refractivity contribution in [2.45, 2.75) is 18.7 Å². The van der Waals surface area contributed by atoms with Crippen molar-refractivity contribution in [1.29, 1.82) is 0 Å². The Labute approximate surface area is 133 Å². The fourth-order valence-electron chi connectivity index (χ4n) is 1.91. The molecule has 0 aromatic heterocycles. The van der Waals surface area contributed by atoms with Gasteiger partial charge in [0.05, 0.1) is 4.83 Å². The van der Waals surface area contributed by atoms with Gasteiger partial charge in [-0.15, -0.1) is 0 Å². The van der Waals surface area contributed by atoms with E-state index in [0.717, 1.165) is 8.95 Å². The number of benzene rings is 2. The molecule has 0 heterocycles. The monoisotopic (exact) mass is 430 g/mol. The molecule has 0 bridgehead atoms. The van der Waals surface area contributed by atoms with Crippen molar-refractivity contribution in [1.82, 2.24) is 0 Å². The average molecular weight is 433 g/mol. The van der Waals surface area contributed by atoms with Gasteiger partial charge in [-0.3, -0.25) is 0 Å². The summed E-state index contributed by atoms with van der Waals surface area (Å²) in [5.74, 6) is 0. The molecule has 0 nitrogen and oxygen atoms in total. The fraction of sp³-hybridized carbons (Fsp3) is 0.200. The zero-order chi connectivity index (χ0) is 13.3. The molecule has 0 saturated carbocycles. The summed E-state index contributed by atoms with van der Waals surface area (Å²) >= 11 is 10.9. The summed E-state index contributed by atoms with van der Waals surface area (Å²) in [5.41, 5.74) is 5.15. The second-order valence-corrected chi connectivity index (χ2v) is 7.07. The van der Waals surface area contributed by atoms with Crippen molar-refractivity contribution >= 4 is 47.8 Å². The fourth-order valence-corrected chi connectivity index (χ4v) is 4.38. The zero-order valence-electron chi connectivity index (χ0n) is 10.2. The van der Waals surface area contributed by atoms with Crippen LogP contribution in [0.15, 0.2) is 45.3 Å². The molecule has 0 aliphatic heterocycles. The van der Waals surface area contributed by atoms with Crippen LogP contribution in [0.1, 0.15) is 27.1 Å². The molecule has 0 N–H and O–H groups in total. The third kappa shape index (κ3) is 3.06. The SMILES string of the molecule is Cc1ccc(C)c(C(Br)c2ccc(Br)cc2Br)c1. The minimum Gasteiger partial charge on any atom is -0.0786 e. The van der Waals surface area contributed by atoms with Gasteiger partial charge in [0.15, 0.2) is 0 Å². The minimum atomic E-state index is 0.208. The van der Waals surface area contributed by atoms with Crippen LogP contribution in [0.5, 0.6) is 0 Å². The first-order valence-electron chi connectivity index (χ1n) is 5.65. The molecular formula is C15H13Br3. The predicted octanol–water partition coefficient (Wildman–Crippen LogP) is 6.31. The van der Waals surface area contributed by atoms with E-state index >= 15 is 0 Å². The van der Waals surface area contributed by atoms with Crippen LogP contribution in [0.4, 0.5) is 0 Å². The van der Waals surface area contributed by atoms with Crippen LogP contribution in [0, 0.1) is 13.8 Å². The van der Waals surface area contributed by atoms with E-state index in [1.165, 1.54) is 22.3 Å². The molecule has 18 heavy (non-hydrogen) atoms. The van der Waals surface area contributed by atoms with Crippen molar-refractivity contribution in [3.63, 3.8) is 0 Å². The first kappa shape index (κ1) is 14.3. The van der Waals surface area contributed by atoms with Gasteiger partial charge in [0.2, 0.25) is 0 Å². The Hall–Kier alpha value is -0.120. The van der Waals surface area contributed by atoms with Gasteiger partial charge in [-0.2, -0.15) is 0 Å². The van der Waals surface area contributed by atoms with Crippen LogP contribution in [0.25, 0.3) is 0 Å². The summed E-state index contributed by atoms with van der Waals surface area (Å²) in [4.78, 5) is 0.208. The van der Waals surface area contributed by atoms with Crippen molar-refractivity contribution < 1.29 is 0 Å². The Kier molecular flexibility index (Phi) is 4.68. The second-order valence-electron chi connectivity index (χ2n) is 4.39. The van der Waals surface area contributed by atoms with E-state index in [4.69, 9.17) is 0 Å². The average Bonchev–Trinajstić information content (AvgIpc) is 2.31. The summed E-state index contributed by atoms with van der Waals surface area (Å²) in [7, 11) is 0. The summed E-state index contributed by atoms with van der Waals surface area (Å²) < 4.78 is 2.19. The van der Waals surface area contributed by atoms with Gasteiger partial charge in [0, 0.05) is 8.95 Å². The van der Waals surface area contributed by atoms with Gasteiger partial charge in [-0.25, -0.2) is 0 Å². The number of rotatable bonds is 2. The quantitative estimate of drug-likeness (QED) is 0.487. The molecule has 1 atom stereocenters. The lowest BCUT2D eigenvalue weighted by molar-refractivity contribution is 1.12. The lowest BCUT2D eigenvalue weighted by atomic mass is 9.98. The largest absolute Gasteiger partial charge is 0.0786 e. The van der Waals surface area contributed by atoms with E-state index < -0.39 is 0 Å². The maximum absolute atomic E-state index is 3.81. The van der Waals surface area contributed by atoms with Crippen LogP contribution < -0.4 is 0 Å². The number of alkyl halides is 1. The summed E-state index contributed by atoms with van der Waals surface area (Å²) in [6.07, 6.45) is 0. The Balaban J connectivity index is 2.47. The van der Waals surface area contributed by atoms with Gasteiger partial charge in [-0.05, 0) is 42.7 Å². The highest BCUT2D eigenvalue weighted by Gasteiger charge is 2.15. The van der Waals surface area contributed by atoms with Crippen LogP contribution in [0.2, 0.25) is 0 Å². The lowest BCUT2D eigenvalue weighted by Gasteiger charge is -2.16. The molecule has 0 saturated heterocycles. The standard InChI is InChI=1S/C15H13Br3/c1-9-3-4-10(2)13(7-9)15(18)12-6-5-11(16)8-14(12)17/h3-8,15H,1-2H3. The summed E-state index contributed by atoms with van der Waals surface area (Å²) in [5, 5.41) is 0. The zero-order valence-corrected chi connectivity index (χ0v) is 14.9. The number of aryl methyl sites for hydroxylation is 2. The molecule has 0 spiro atoms. The highest BCUT2D eigenvalue weighted by Crippen LogP contribution is 2.38. The summed E-state index contributed by atoms with van der Waals surface area (Å²) in [6.45, 7) is 4.27. The molecule has 2 aromatic rings. The third-order valence-electron chi connectivity index (χ3n) is 2.94. The van der Waals surface area contributed by atoms with E-state index in [0.29, 0.717) is 0 Å². The Morgan fingerprint density at radius 2 is 1.61 bits per heavy atom. The molecule has 0 amide bonds. The summed E-state index contributed by atoms with van der Waals surface area (Å²) in [6, 6.07) is 12.8. The molecule has 0 aliphatic carbocycles.